The molecule has 0 radical (unpaired) electrons. The Kier molecular flexibility index (Phi) is 4.60. The van der Waals surface area contributed by atoms with Gasteiger partial charge < -0.3 is 10.1 Å². The molecule has 0 aliphatic carbocycles. The molecule has 0 saturated heterocycles. The zero-order chi connectivity index (χ0) is 14.4. The fourth-order valence-electron chi connectivity index (χ4n) is 1.67. The summed E-state index contributed by atoms with van der Waals surface area (Å²) in [5.41, 5.74) is 0.889. The molecule has 0 bridgehead atoms. The lowest BCUT2D eigenvalue weighted by Gasteiger charge is -2.06. The summed E-state index contributed by atoms with van der Waals surface area (Å²) < 4.78 is 17.6. The monoisotopic (exact) mass is 275 g/mol. The van der Waals surface area contributed by atoms with Gasteiger partial charge in [-0.05, 0) is 30.2 Å². The third-order valence-electron chi connectivity index (χ3n) is 2.63. The molecule has 0 atom stereocenters. The van der Waals surface area contributed by atoms with Gasteiger partial charge in [-0.1, -0.05) is 12.1 Å². The highest BCUT2D eigenvalue weighted by Crippen LogP contribution is 2.06. The second-order valence-corrected chi connectivity index (χ2v) is 4.06. The summed E-state index contributed by atoms with van der Waals surface area (Å²) in [5.74, 6) is -0.309. The summed E-state index contributed by atoms with van der Waals surface area (Å²) in [5, 5.41) is 3.05. The summed E-state index contributed by atoms with van der Waals surface area (Å²) in [6.07, 6.45) is 2.12. The van der Waals surface area contributed by atoms with Crippen LogP contribution in [0.1, 0.15) is 16.2 Å². The predicted molar refractivity (Wildman–Crippen MR) is 72.0 cm³/mol. The SMILES string of the molecule is COC(=O)c1nccc(NCCc2cccc(F)c2)n1. The number of nitrogens with one attached hydrogen (secondary N) is 1. The molecule has 104 valence electrons. The molecule has 0 fully saturated rings. The molecule has 1 heterocycles. The van der Waals surface area contributed by atoms with Gasteiger partial charge in [0.05, 0.1) is 7.11 Å². The fourth-order valence-corrected chi connectivity index (χ4v) is 1.67. The van der Waals surface area contributed by atoms with Gasteiger partial charge in [0.25, 0.3) is 0 Å². The fraction of sp³-hybridized carbons (Fsp3) is 0.214. The van der Waals surface area contributed by atoms with Crippen LogP contribution >= 0.6 is 0 Å². The Morgan fingerprint density at radius 1 is 1.40 bits per heavy atom. The van der Waals surface area contributed by atoms with Gasteiger partial charge in [0.15, 0.2) is 0 Å². The van der Waals surface area contributed by atoms with Gasteiger partial charge in [-0.15, -0.1) is 0 Å². The first-order valence-electron chi connectivity index (χ1n) is 6.08. The van der Waals surface area contributed by atoms with E-state index in [0.717, 1.165) is 5.56 Å². The number of nitrogens with zero attached hydrogens (tertiary/aromatic N) is 2. The molecule has 0 saturated carbocycles. The number of hydrogen-bond donors (Lipinski definition) is 1. The minimum atomic E-state index is -0.584. The normalized spacial score (nSPS) is 10.1. The molecule has 1 aromatic carbocycles. The van der Waals surface area contributed by atoms with Crippen molar-refractivity contribution in [2.45, 2.75) is 6.42 Å². The van der Waals surface area contributed by atoms with Crippen LogP contribution in [-0.2, 0) is 11.2 Å². The van der Waals surface area contributed by atoms with Crippen LogP contribution in [0.4, 0.5) is 10.2 Å². The molecule has 0 aliphatic heterocycles. The first kappa shape index (κ1) is 13.9. The molecule has 1 N–H and O–H groups in total. The van der Waals surface area contributed by atoms with E-state index in [1.54, 1.807) is 12.1 Å². The van der Waals surface area contributed by atoms with E-state index in [2.05, 4.69) is 20.0 Å². The molecule has 6 heteroatoms. The molecular formula is C14H14FN3O2. The van der Waals surface area contributed by atoms with Gasteiger partial charge in [0.1, 0.15) is 11.6 Å². The molecular weight excluding hydrogens is 261 g/mol. The van der Waals surface area contributed by atoms with E-state index in [-0.39, 0.29) is 11.6 Å². The number of ether oxygens (including phenoxy) is 1. The van der Waals surface area contributed by atoms with Crippen LogP contribution in [0.2, 0.25) is 0 Å². The van der Waals surface area contributed by atoms with Crippen LogP contribution in [0.5, 0.6) is 0 Å². The molecule has 0 unspecified atom stereocenters. The van der Waals surface area contributed by atoms with Gasteiger partial charge in [0.2, 0.25) is 5.82 Å². The van der Waals surface area contributed by atoms with Gasteiger partial charge in [0, 0.05) is 12.7 Å². The van der Waals surface area contributed by atoms with Crippen LogP contribution in [-0.4, -0.2) is 29.6 Å². The largest absolute Gasteiger partial charge is 0.463 e. The summed E-state index contributed by atoms with van der Waals surface area (Å²) in [6.45, 7) is 0.571. The lowest BCUT2D eigenvalue weighted by molar-refractivity contribution is 0.0587. The van der Waals surface area contributed by atoms with Gasteiger partial charge >= 0.3 is 5.97 Å². The maximum atomic E-state index is 13.0. The van der Waals surface area contributed by atoms with Crippen molar-refractivity contribution in [2.24, 2.45) is 0 Å². The zero-order valence-electron chi connectivity index (χ0n) is 11.0. The number of rotatable bonds is 5. The first-order valence-corrected chi connectivity index (χ1v) is 6.08. The number of aromatic nitrogens is 2. The van der Waals surface area contributed by atoms with Crippen molar-refractivity contribution in [2.75, 3.05) is 19.0 Å². The smallest absolute Gasteiger partial charge is 0.376 e. The van der Waals surface area contributed by atoms with Gasteiger partial charge in [-0.3, -0.25) is 0 Å². The molecule has 20 heavy (non-hydrogen) atoms. The van der Waals surface area contributed by atoms with Crippen LogP contribution in [0, 0.1) is 5.82 Å². The number of carbonyl (C=O) groups is 1. The van der Waals surface area contributed by atoms with Crippen molar-refractivity contribution in [3.05, 3.63) is 53.7 Å². The molecule has 2 rings (SSSR count). The van der Waals surface area contributed by atoms with Crippen LogP contribution in [0.25, 0.3) is 0 Å². The predicted octanol–water partition coefficient (Wildman–Crippen LogP) is 2.06. The van der Waals surface area contributed by atoms with Crippen LogP contribution < -0.4 is 5.32 Å². The van der Waals surface area contributed by atoms with E-state index >= 15 is 0 Å². The van der Waals surface area contributed by atoms with Crippen molar-refractivity contribution in [3.63, 3.8) is 0 Å². The van der Waals surface area contributed by atoms with Crippen LogP contribution in [0.3, 0.4) is 0 Å². The minimum Gasteiger partial charge on any atom is -0.463 e. The highest BCUT2D eigenvalue weighted by molar-refractivity contribution is 5.85. The van der Waals surface area contributed by atoms with E-state index in [0.29, 0.717) is 18.8 Å². The Hall–Kier alpha value is -2.50. The van der Waals surface area contributed by atoms with E-state index in [1.165, 1.54) is 25.4 Å². The lowest BCUT2D eigenvalue weighted by Crippen LogP contribution is -2.11. The van der Waals surface area contributed by atoms with E-state index in [9.17, 15) is 9.18 Å². The second kappa shape index (κ2) is 6.60. The second-order valence-electron chi connectivity index (χ2n) is 4.06. The van der Waals surface area contributed by atoms with Gasteiger partial charge in [-0.2, -0.15) is 0 Å². The number of esters is 1. The summed E-state index contributed by atoms with van der Waals surface area (Å²) in [7, 11) is 1.27. The Labute approximate surface area is 115 Å². The van der Waals surface area contributed by atoms with Gasteiger partial charge in [-0.25, -0.2) is 19.2 Å². The van der Waals surface area contributed by atoms with Crippen LogP contribution in [0.15, 0.2) is 36.5 Å². The Morgan fingerprint density at radius 3 is 3.00 bits per heavy atom. The highest BCUT2D eigenvalue weighted by atomic mass is 19.1. The zero-order valence-corrected chi connectivity index (χ0v) is 11.0. The molecule has 2 aromatic rings. The number of anilines is 1. The van der Waals surface area contributed by atoms with E-state index in [4.69, 9.17) is 0 Å². The summed E-state index contributed by atoms with van der Waals surface area (Å²) in [4.78, 5) is 19.1. The summed E-state index contributed by atoms with van der Waals surface area (Å²) >= 11 is 0. The van der Waals surface area contributed by atoms with Crippen molar-refractivity contribution >= 4 is 11.8 Å². The Balaban J connectivity index is 1.92. The minimum absolute atomic E-state index is 0.00301. The molecule has 0 aliphatic rings. The topological polar surface area (TPSA) is 64.1 Å². The van der Waals surface area contributed by atoms with Crippen molar-refractivity contribution in [1.29, 1.82) is 0 Å². The maximum absolute atomic E-state index is 13.0. The highest BCUT2D eigenvalue weighted by Gasteiger charge is 2.09. The number of methoxy groups -OCH3 is 1. The Morgan fingerprint density at radius 2 is 2.25 bits per heavy atom. The lowest BCUT2D eigenvalue weighted by atomic mass is 10.1. The maximum Gasteiger partial charge on any atom is 0.376 e. The van der Waals surface area contributed by atoms with Crippen molar-refractivity contribution in [3.8, 4) is 0 Å². The average molecular weight is 275 g/mol. The van der Waals surface area contributed by atoms with Crippen molar-refractivity contribution < 1.29 is 13.9 Å². The van der Waals surface area contributed by atoms with E-state index < -0.39 is 5.97 Å². The number of hydrogen-bond acceptors (Lipinski definition) is 5. The number of benzene rings is 1. The Bertz CT molecular complexity index is 604. The number of halogens is 1. The number of carbonyl (C=O) groups excluding carboxylic acids is 1. The third-order valence-corrected chi connectivity index (χ3v) is 2.63. The quantitative estimate of drug-likeness (QED) is 0.846. The molecule has 5 nitrogen and oxygen atoms in total. The molecule has 1 aromatic heterocycles. The average Bonchev–Trinajstić information content (AvgIpc) is 2.47. The summed E-state index contributed by atoms with van der Waals surface area (Å²) in [6, 6.07) is 8.07. The third kappa shape index (κ3) is 3.74. The van der Waals surface area contributed by atoms with E-state index in [1.807, 2.05) is 6.07 Å². The molecule has 0 amide bonds. The van der Waals surface area contributed by atoms with Crippen molar-refractivity contribution in [1.82, 2.24) is 9.97 Å². The molecule has 0 spiro atoms. The standard InChI is InChI=1S/C14H14FN3O2/c1-20-14(19)13-17-8-6-12(18-13)16-7-5-10-3-2-4-11(15)9-10/h2-4,6,8-9H,5,7H2,1H3,(H,16,17,18). The first-order chi connectivity index (χ1) is 9.69.